The molecule has 2 nitrogen and oxygen atoms in total. The molecule has 98 valence electrons. The minimum Gasteiger partial charge on any atom is -0.464 e. The summed E-state index contributed by atoms with van der Waals surface area (Å²) < 4.78 is 5.96. The minimum atomic E-state index is 0.484. The van der Waals surface area contributed by atoms with Gasteiger partial charge in [0.2, 0.25) is 0 Å². The normalized spacial score (nSPS) is 24.5. The summed E-state index contributed by atoms with van der Waals surface area (Å²) in [5, 5.41) is 3.66. The van der Waals surface area contributed by atoms with Crippen molar-refractivity contribution in [1.82, 2.24) is 5.32 Å². The van der Waals surface area contributed by atoms with Crippen LogP contribution < -0.4 is 5.32 Å². The first-order chi connectivity index (χ1) is 9.36. The van der Waals surface area contributed by atoms with Crippen molar-refractivity contribution in [3.05, 3.63) is 58.5 Å². The van der Waals surface area contributed by atoms with Gasteiger partial charge >= 0.3 is 0 Å². The number of fused-ring (bicyclic) bond motifs is 5. The van der Waals surface area contributed by atoms with Crippen molar-refractivity contribution in [2.45, 2.75) is 44.7 Å². The van der Waals surface area contributed by atoms with E-state index in [1.807, 2.05) is 0 Å². The standard InChI is InChI=1S/C17H19NO/c1-2-12-9-14-16(19-12)10-18-15-8-7-11-5-3-4-6-13(11)17(14)15/h3-6,9,15,17-18H,2,7-8,10H2,1H3/t15-,17+/m0/s1. The van der Waals surface area contributed by atoms with Gasteiger partial charge in [-0.3, -0.25) is 0 Å². The summed E-state index contributed by atoms with van der Waals surface area (Å²) in [5.74, 6) is 2.75. The Hall–Kier alpha value is -1.54. The van der Waals surface area contributed by atoms with Crippen LogP contribution >= 0.6 is 0 Å². The van der Waals surface area contributed by atoms with Crippen molar-refractivity contribution in [2.24, 2.45) is 0 Å². The molecule has 1 aliphatic heterocycles. The molecule has 2 heteroatoms. The fourth-order valence-corrected chi connectivity index (χ4v) is 3.66. The Kier molecular flexibility index (Phi) is 2.52. The van der Waals surface area contributed by atoms with Crippen molar-refractivity contribution in [2.75, 3.05) is 0 Å². The molecule has 0 radical (unpaired) electrons. The SMILES string of the molecule is CCc1cc2c(o1)CN[C@H]1CCc3ccccc3[C@H]21. The summed E-state index contributed by atoms with van der Waals surface area (Å²) in [6, 6.07) is 11.8. The van der Waals surface area contributed by atoms with Crippen molar-refractivity contribution >= 4 is 0 Å². The highest BCUT2D eigenvalue weighted by molar-refractivity contribution is 5.45. The van der Waals surface area contributed by atoms with Crippen LogP contribution in [0, 0.1) is 0 Å². The maximum absolute atomic E-state index is 5.96. The molecule has 0 bridgehead atoms. The first-order valence-corrected chi connectivity index (χ1v) is 7.29. The van der Waals surface area contributed by atoms with E-state index >= 15 is 0 Å². The zero-order chi connectivity index (χ0) is 12.8. The van der Waals surface area contributed by atoms with Gasteiger partial charge in [-0.15, -0.1) is 0 Å². The van der Waals surface area contributed by atoms with Gasteiger partial charge in [0.1, 0.15) is 11.5 Å². The minimum absolute atomic E-state index is 0.484. The second-order valence-corrected chi connectivity index (χ2v) is 5.65. The van der Waals surface area contributed by atoms with Crippen LogP contribution in [0.25, 0.3) is 0 Å². The van der Waals surface area contributed by atoms with Crippen molar-refractivity contribution < 1.29 is 4.42 Å². The number of benzene rings is 1. The summed E-state index contributed by atoms with van der Waals surface area (Å²) in [7, 11) is 0. The fraction of sp³-hybridized carbons (Fsp3) is 0.412. The summed E-state index contributed by atoms with van der Waals surface area (Å²) in [6.45, 7) is 3.04. The molecular weight excluding hydrogens is 234 g/mol. The molecule has 2 aliphatic rings. The Morgan fingerprint density at radius 3 is 3.05 bits per heavy atom. The molecule has 0 unspecified atom stereocenters. The molecule has 2 aromatic rings. The van der Waals surface area contributed by atoms with E-state index in [1.165, 1.54) is 29.5 Å². The number of hydrogen-bond acceptors (Lipinski definition) is 2. The van der Waals surface area contributed by atoms with E-state index in [9.17, 15) is 0 Å². The van der Waals surface area contributed by atoms with E-state index in [2.05, 4.69) is 42.6 Å². The lowest BCUT2D eigenvalue weighted by molar-refractivity contribution is 0.350. The lowest BCUT2D eigenvalue weighted by Gasteiger charge is -2.37. The molecule has 0 fully saturated rings. The van der Waals surface area contributed by atoms with E-state index < -0.39 is 0 Å². The van der Waals surface area contributed by atoms with E-state index in [4.69, 9.17) is 4.42 Å². The van der Waals surface area contributed by atoms with Crippen molar-refractivity contribution in [3.8, 4) is 0 Å². The van der Waals surface area contributed by atoms with Crippen LogP contribution in [0.1, 0.15) is 47.5 Å². The number of furan rings is 1. The highest BCUT2D eigenvalue weighted by Gasteiger charge is 2.36. The van der Waals surface area contributed by atoms with E-state index in [-0.39, 0.29) is 0 Å². The largest absolute Gasteiger partial charge is 0.464 e. The van der Waals surface area contributed by atoms with Gasteiger partial charge in [-0.05, 0) is 30.0 Å². The predicted molar refractivity (Wildman–Crippen MR) is 75.3 cm³/mol. The molecule has 0 amide bonds. The maximum Gasteiger partial charge on any atom is 0.121 e. The second kappa shape index (κ2) is 4.24. The number of nitrogens with one attached hydrogen (secondary N) is 1. The van der Waals surface area contributed by atoms with Crippen LogP contribution in [0.5, 0.6) is 0 Å². The zero-order valence-corrected chi connectivity index (χ0v) is 11.3. The highest BCUT2D eigenvalue weighted by Crippen LogP contribution is 2.41. The summed E-state index contributed by atoms with van der Waals surface area (Å²) in [6.07, 6.45) is 3.40. The van der Waals surface area contributed by atoms with E-state index in [0.29, 0.717) is 12.0 Å². The average molecular weight is 253 g/mol. The van der Waals surface area contributed by atoms with Crippen LogP contribution in [-0.2, 0) is 19.4 Å². The molecule has 0 saturated heterocycles. The lowest BCUT2D eigenvalue weighted by Crippen LogP contribution is -2.42. The molecule has 1 aliphatic carbocycles. The van der Waals surface area contributed by atoms with Gasteiger partial charge in [0.15, 0.2) is 0 Å². The summed E-state index contributed by atoms with van der Waals surface area (Å²) >= 11 is 0. The molecule has 0 spiro atoms. The Bertz CT molecular complexity index is 613. The third-order valence-corrected chi connectivity index (χ3v) is 4.62. The number of rotatable bonds is 1. The lowest BCUT2D eigenvalue weighted by atomic mass is 9.74. The first kappa shape index (κ1) is 11.3. The van der Waals surface area contributed by atoms with Crippen LogP contribution in [0.4, 0.5) is 0 Å². The van der Waals surface area contributed by atoms with Crippen molar-refractivity contribution in [1.29, 1.82) is 0 Å². The molecule has 1 aromatic carbocycles. The monoisotopic (exact) mass is 253 g/mol. The molecule has 2 heterocycles. The quantitative estimate of drug-likeness (QED) is 0.842. The fourth-order valence-electron chi connectivity index (χ4n) is 3.66. The Morgan fingerprint density at radius 2 is 2.16 bits per heavy atom. The van der Waals surface area contributed by atoms with Gasteiger partial charge in [-0.1, -0.05) is 31.2 Å². The molecule has 19 heavy (non-hydrogen) atoms. The van der Waals surface area contributed by atoms with Crippen LogP contribution in [-0.4, -0.2) is 6.04 Å². The maximum atomic E-state index is 5.96. The Balaban J connectivity index is 1.87. The van der Waals surface area contributed by atoms with Crippen molar-refractivity contribution in [3.63, 3.8) is 0 Å². The second-order valence-electron chi connectivity index (χ2n) is 5.65. The number of hydrogen-bond donors (Lipinski definition) is 1. The molecule has 4 rings (SSSR count). The Labute approximate surface area is 113 Å². The Morgan fingerprint density at radius 1 is 1.26 bits per heavy atom. The predicted octanol–water partition coefficient (Wildman–Crippen LogP) is 3.39. The highest BCUT2D eigenvalue weighted by atomic mass is 16.3. The van der Waals surface area contributed by atoms with Gasteiger partial charge in [-0.2, -0.15) is 0 Å². The van der Waals surface area contributed by atoms with Gasteiger partial charge in [0.05, 0.1) is 6.54 Å². The summed E-state index contributed by atoms with van der Waals surface area (Å²) in [4.78, 5) is 0. The average Bonchev–Trinajstić information content (AvgIpc) is 2.90. The third kappa shape index (κ3) is 1.67. The van der Waals surface area contributed by atoms with Crippen LogP contribution in [0.3, 0.4) is 0 Å². The van der Waals surface area contributed by atoms with Crippen LogP contribution in [0.2, 0.25) is 0 Å². The first-order valence-electron chi connectivity index (χ1n) is 7.29. The molecule has 1 N–H and O–H groups in total. The van der Waals surface area contributed by atoms with Gasteiger partial charge < -0.3 is 9.73 Å². The van der Waals surface area contributed by atoms with Gasteiger partial charge in [0.25, 0.3) is 0 Å². The topological polar surface area (TPSA) is 25.2 Å². The smallest absolute Gasteiger partial charge is 0.121 e. The third-order valence-electron chi connectivity index (χ3n) is 4.62. The molecule has 2 atom stereocenters. The van der Waals surface area contributed by atoms with E-state index in [1.54, 1.807) is 0 Å². The number of aryl methyl sites for hydroxylation is 2. The molecule has 1 aromatic heterocycles. The van der Waals surface area contributed by atoms with E-state index in [0.717, 1.165) is 24.5 Å². The van der Waals surface area contributed by atoms with Gasteiger partial charge in [-0.25, -0.2) is 0 Å². The summed E-state index contributed by atoms with van der Waals surface area (Å²) in [5.41, 5.74) is 4.43. The molecular formula is C17H19NO. The van der Waals surface area contributed by atoms with Gasteiger partial charge in [0, 0.05) is 23.9 Å². The molecule has 0 saturated carbocycles. The van der Waals surface area contributed by atoms with Crippen LogP contribution in [0.15, 0.2) is 34.7 Å². The zero-order valence-electron chi connectivity index (χ0n) is 11.3.